The zero-order chi connectivity index (χ0) is 34.2. The zero-order valence-electron chi connectivity index (χ0n) is 29.1. The van der Waals surface area contributed by atoms with Gasteiger partial charge in [0.25, 0.3) is 0 Å². The monoisotopic (exact) mass is 652 g/mol. The van der Waals surface area contributed by atoms with Crippen molar-refractivity contribution in [1.82, 2.24) is 0 Å². The molecule has 0 spiro atoms. The molecular weight excluding hydrogens is 597 g/mol. The van der Waals surface area contributed by atoms with Gasteiger partial charge in [0.15, 0.2) is 18.2 Å². The Labute approximate surface area is 267 Å². The maximum atomic E-state index is 13.7. The fraction of sp³-hybridized carbons (Fsp3) is 0.727. The smallest absolute Gasteiger partial charge is 0.417 e. The molecule has 1 rings (SSSR count). The number of ether oxygens (including phenoxy) is 2. The number of rotatable bonds is 16. The minimum Gasteiger partial charge on any atom is -0.459 e. The Hall–Kier alpha value is -2.33. The number of carbonyl (C=O) groups is 2. The van der Waals surface area contributed by atoms with Gasteiger partial charge >= 0.3 is 17.7 Å². The van der Waals surface area contributed by atoms with Gasteiger partial charge in [0.05, 0.1) is 29.9 Å². The second kappa shape index (κ2) is 15.3. The molecule has 0 N–H and O–H groups in total. The molecule has 44 heavy (non-hydrogen) atoms. The lowest BCUT2D eigenvalue weighted by Crippen LogP contribution is -2.42. The van der Waals surface area contributed by atoms with E-state index in [1.165, 1.54) is 0 Å². The third-order valence-electron chi connectivity index (χ3n) is 8.22. The van der Waals surface area contributed by atoms with E-state index in [0.717, 1.165) is 0 Å². The molecule has 1 aromatic rings. The molecule has 1 aromatic carbocycles. The molecule has 0 aliphatic rings. The first-order chi connectivity index (χ1) is 19.9. The predicted molar refractivity (Wildman–Crippen MR) is 178 cm³/mol. The van der Waals surface area contributed by atoms with Gasteiger partial charge in [0, 0.05) is 6.61 Å². The van der Waals surface area contributed by atoms with Gasteiger partial charge in [-0.05, 0) is 82.1 Å². The summed E-state index contributed by atoms with van der Waals surface area (Å²) in [5.74, 6) is -1.09. The van der Waals surface area contributed by atoms with E-state index in [4.69, 9.17) is 13.9 Å². The summed E-state index contributed by atoms with van der Waals surface area (Å²) in [6.45, 7) is 23.8. The van der Waals surface area contributed by atoms with E-state index in [1.54, 1.807) is 19.1 Å². The van der Waals surface area contributed by atoms with E-state index in [-0.39, 0.29) is 41.9 Å². The molecule has 0 radical (unpaired) electrons. The predicted octanol–water partition coefficient (Wildman–Crippen LogP) is 6.70. The van der Waals surface area contributed by atoms with Crippen molar-refractivity contribution in [2.75, 3.05) is 24.7 Å². The molecule has 1 atom stereocenters. The average molecular weight is 653 g/mol. The highest BCUT2D eigenvalue weighted by Crippen LogP contribution is 2.38. The van der Waals surface area contributed by atoms with Crippen molar-refractivity contribution < 1.29 is 36.7 Å². The molecule has 0 heterocycles. The minimum atomic E-state index is -3.36. The normalized spacial score (nSPS) is 14.4. The summed E-state index contributed by atoms with van der Waals surface area (Å²) >= 11 is 0. The minimum absolute atomic E-state index is 0.00590. The standard InChI is InChI=1S/C33H56N2O7SSi/c1-13-40-28(36)27(35-34)23-25-16-14-17-26(22-25)33(10,29(37)42-30(2,3)4)19-15-18-32(8,9)24-43(38,39)21-20-41-44(11,12)31(5,6)7/h14,16-17,22H,13,15,18-21,23-24H2,1-12H3. The lowest BCUT2D eigenvalue weighted by molar-refractivity contribution is -0.162. The Morgan fingerprint density at radius 1 is 0.977 bits per heavy atom. The van der Waals surface area contributed by atoms with Gasteiger partial charge in [-0.1, -0.05) is 65.3 Å². The first-order valence-electron chi connectivity index (χ1n) is 15.4. The maximum absolute atomic E-state index is 13.7. The molecule has 0 amide bonds. The van der Waals surface area contributed by atoms with Crippen molar-refractivity contribution in [2.24, 2.45) is 5.41 Å². The van der Waals surface area contributed by atoms with Crippen LogP contribution in [0.15, 0.2) is 24.3 Å². The average Bonchev–Trinajstić information content (AvgIpc) is 2.84. The summed E-state index contributed by atoms with van der Waals surface area (Å²) in [7, 11) is -5.40. The van der Waals surface area contributed by atoms with E-state index < -0.39 is 46.5 Å². The van der Waals surface area contributed by atoms with E-state index >= 15 is 0 Å². The molecule has 0 aromatic heterocycles. The third kappa shape index (κ3) is 12.6. The summed E-state index contributed by atoms with van der Waals surface area (Å²) in [6, 6.07) is 7.22. The molecule has 250 valence electrons. The first-order valence-corrected chi connectivity index (χ1v) is 20.2. The summed E-state index contributed by atoms with van der Waals surface area (Å²) in [6.07, 6.45) is 1.60. The van der Waals surface area contributed by atoms with Crippen LogP contribution < -0.4 is 0 Å². The summed E-state index contributed by atoms with van der Waals surface area (Å²) < 4.78 is 43.1. The molecule has 0 saturated carbocycles. The molecule has 1 unspecified atom stereocenters. The van der Waals surface area contributed by atoms with Crippen LogP contribution in [-0.4, -0.2) is 69.5 Å². The first kappa shape index (κ1) is 39.7. The second-order valence-electron chi connectivity index (χ2n) is 15.2. The summed E-state index contributed by atoms with van der Waals surface area (Å²) in [5, 5.41) is 0.00590. The fourth-order valence-electron chi connectivity index (χ4n) is 4.64. The Kier molecular flexibility index (Phi) is 13.8. The van der Waals surface area contributed by atoms with Crippen LogP contribution in [0.5, 0.6) is 0 Å². The van der Waals surface area contributed by atoms with Gasteiger partial charge in [-0.3, -0.25) is 4.79 Å². The highest BCUT2D eigenvalue weighted by atomic mass is 32.2. The maximum Gasteiger partial charge on any atom is 0.417 e. The van der Waals surface area contributed by atoms with E-state index in [9.17, 15) is 23.5 Å². The second-order valence-corrected chi connectivity index (χ2v) is 22.2. The van der Waals surface area contributed by atoms with E-state index in [1.807, 2.05) is 53.7 Å². The molecule has 0 aliphatic heterocycles. The molecule has 0 aliphatic carbocycles. The van der Waals surface area contributed by atoms with Gasteiger partial charge in [-0.15, -0.1) is 0 Å². The van der Waals surface area contributed by atoms with Crippen molar-refractivity contribution in [3.63, 3.8) is 0 Å². The number of hydrogen-bond acceptors (Lipinski definition) is 7. The highest BCUT2D eigenvalue weighted by molar-refractivity contribution is 7.91. The fourth-order valence-corrected chi connectivity index (χ4v) is 7.65. The third-order valence-corrected chi connectivity index (χ3v) is 14.8. The van der Waals surface area contributed by atoms with Crippen LogP contribution in [0.25, 0.3) is 5.53 Å². The van der Waals surface area contributed by atoms with Gasteiger partial charge in [0.2, 0.25) is 0 Å². The highest BCUT2D eigenvalue weighted by Gasteiger charge is 2.40. The number of carbonyl (C=O) groups excluding carboxylic acids is 2. The molecule has 11 heteroatoms. The van der Waals surface area contributed by atoms with Crippen molar-refractivity contribution in [1.29, 1.82) is 0 Å². The van der Waals surface area contributed by atoms with Gasteiger partial charge in [0.1, 0.15) is 5.60 Å². The number of sulfone groups is 1. The van der Waals surface area contributed by atoms with E-state index in [2.05, 4.69) is 38.7 Å². The van der Waals surface area contributed by atoms with Crippen molar-refractivity contribution in [3.8, 4) is 0 Å². The van der Waals surface area contributed by atoms with Gasteiger partial charge in [-0.2, -0.15) is 4.79 Å². The summed E-state index contributed by atoms with van der Waals surface area (Å²) in [5.41, 5.74) is 8.34. The SMILES string of the molecule is CCOC(=O)C(Cc1cccc(C(C)(CCCC(C)(C)CS(=O)(=O)CCO[Si](C)(C)C(C)(C)C)C(=O)OC(C)(C)C)c1)=[N+]=[N-]. The molecule has 0 bridgehead atoms. The molecule has 9 nitrogen and oxygen atoms in total. The van der Waals surface area contributed by atoms with Crippen LogP contribution in [-0.2, 0) is 45.2 Å². The Morgan fingerprint density at radius 3 is 2.11 bits per heavy atom. The zero-order valence-corrected chi connectivity index (χ0v) is 30.9. The van der Waals surface area contributed by atoms with Crippen LogP contribution in [0.3, 0.4) is 0 Å². The number of benzene rings is 1. The largest absolute Gasteiger partial charge is 0.459 e. The van der Waals surface area contributed by atoms with Gasteiger partial charge < -0.3 is 19.4 Å². The lowest BCUT2D eigenvalue weighted by atomic mass is 9.75. The molecule has 0 saturated heterocycles. The quantitative estimate of drug-likeness (QED) is 0.0638. The van der Waals surface area contributed by atoms with Crippen LogP contribution in [0.4, 0.5) is 0 Å². The topological polar surface area (TPSA) is 132 Å². The lowest BCUT2D eigenvalue weighted by Gasteiger charge is -2.36. The van der Waals surface area contributed by atoms with E-state index in [0.29, 0.717) is 30.4 Å². The summed E-state index contributed by atoms with van der Waals surface area (Å²) in [4.78, 5) is 28.9. The number of nitrogens with zero attached hydrogens (tertiary/aromatic N) is 2. The Balaban J connectivity index is 3.12. The van der Waals surface area contributed by atoms with Crippen LogP contribution >= 0.6 is 0 Å². The van der Waals surface area contributed by atoms with Crippen LogP contribution in [0.1, 0.15) is 99.6 Å². The van der Waals surface area contributed by atoms with Crippen LogP contribution in [0.2, 0.25) is 18.1 Å². The van der Waals surface area contributed by atoms with Crippen molar-refractivity contribution >= 4 is 35.8 Å². The molecule has 0 fully saturated rings. The van der Waals surface area contributed by atoms with Gasteiger partial charge in [-0.25, -0.2) is 13.2 Å². The molecular formula is C33H56N2O7SSi. The number of esters is 2. The Bertz CT molecular complexity index is 1300. The van der Waals surface area contributed by atoms with Crippen molar-refractivity contribution in [2.45, 2.75) is 124 Å². The van der Waals surface area contributed by atoms with Crippen molar-refractivity contribution in [3.05, 3.63) is 40.9 Å². The Morgan fingerprint density at radius 2 is 1.59 bits per heavy atom. The van der Waals surface area contributed by atoms with Crippen LogP contribution in [0, 0.1) is 5.41 Å². The number of hydrogen-bond donors (Lipinski definition) is 0.